The minimum absolute atomic E-state index is 0.0945. The average Bonchev–Trinajstić information content (AvgIpc) is 3.15. The predicted molar refractivity (Wildman–Crippen MR) is 121 cm³/mol. The van der Waals surface area contributed by atoms with Gasteiger partial charge < -0.3 is 19.9 Å². The van der Waals surface area contributed by atoms with Crippen LogP contribution in [-0.4, -0.2) is 35.1 Å². The van der Waals surface area contributed by atoms with E-state index in [1.54, 1.807) is 12.3 Å². The summed E-state index contributed by atoms with van der Waals surface area (Å²) in [6.45, 7) is 0.497. The van der Waals surface area contributed by atoms with Crippen molar-refractivity contribution >= 4 is 5.82 Å². The van der Waals surface area contributed by atoms with Crippen LogP contribution in [0.4, 0.5) is 5.82 Å². The summed E-state index contributed by atoms with van der Waals surface area (Å²) in [5, 5.41) is 3.72. The van der Waals surface area contributed by atoms with Crippen LogP contribution in [0.5, 0.6) is 5.88 Å². The first-order chi connectivity index (χ1) is 15.1. The molecule has 2 saturated heterocycles. The monoisotopic (exact) mass is 414 g/mol. The van der Waals surface area contributed by atoms with Crippen molar-refractivity contribution in [1.29, 1.82) is 0 Å². The van der Waals surface area contributed by atoms with Gasteiger partial charge in [0.2, 0.25) is 11.4 Å². The number of hydrogen-bond acceptors (Lipinski definition) is 5. The molecular weight excluding hydrogens is 388 g/mol. The van der Waals surface area contributed by atoms with E-state index >= 15 is 0 Å². The quantitative estimate of drug-likeness (QED) is 0.684. The van der Waals surface area contributed by atoms with Crippen LogP contribution in [0.25, 0.3) is 22.3 Å². The fourth-order valence-electron chi connectivity index (χ4n) is 5.36. The zero-order valence-electron chi connectivity index (χ0n) is 17.6. The highest BCUT2D eigenvalue weighted by molar-refractivity contribution is 5.78. The second-order valence-electron chi connectivity index (χ2n) is 9.00. The molecule has 0 aliphatic carbocycles. The Morgan fingerprint density at radius 3 is 2.55 bits per heavy atom. The van der Waals surface area contributed by atoms with E-state index in [1.165, 1.54) is 25.7 Å². The third kappa shape index (κ3) is 3.31. The van der Waals surface area contributed by atoms with Gasteiger partial charge in [-0.05, 0) is 72.2 Å². The maximum atomic E-state index is 11.3. The van der Waals surface area contributed by atoms with Gasteiger partial charge in [0.15, 0.2) is 0 Å². The van der Waals surface area contributed by atoms with Crippen molar-refractivity contribution < 1.29 is 4.74 Å². The van der Waals surface area contributed by atoms with E-state index in [-0.39, 0.29) is 5.56 Å². The number of piperidine rings is 1. The molecule has 3 aromatic rings. The van der Waals surface area contributed by atoms with Gasteiger partial charge in [-0.15, -0.1) is 0 Å². The molecule has 2 aromatic heterocycles. The van der Waals surface area contributed by atoms with E-state index in [0.29, 0.717) is 30.6 Å². The van der Waals surface area contributed by atoms with Crippen molar-refractivity contribution in [3.05, 3.63) is 64.6 Å². The van der Waals surface area contributed by atoms with Gasteiger partial charge >= 0.3 is 0 Å². The third-order valence-electron chi connectivity index (χ3n) is 7.08. The van der Waals surface area contributed by atoms with E-state index in [1.807, 2.05) is 6.07 Å². The van der Waals surface area contributed by atoms with Gasteiger partial charge in [-0.25, -0.2) is 0 Å². The number of fused-ring (bicyclic) bond motifs is 5. The van der Waals surface area contributed by atoms with Crippen molar-refractivity contribution in [1.82, 2.24) is 15.3 Å². The summed E-state index contributed by atoms with van der Waals surface area (Å²) in [6.07, 6.45) is 6.71. The molecule has 1 aromatic carbocycles. The Bertz CT molecular complexity index is 1170. The van der Waals surface area contributed by atoms with Crippen LogP contribution in [0, 0.1) is 0 Å². The molecule has 0 radical (unpaired) electrons. The number of hydrogen-bond donors (Lipinski definition) is 2. The van der Waals surface area contributed by atoms with E-state index in [9.17, 15) is 4.79 Å². The molecule has 6 heteroatoms. The van der Waals surface area contributed by atoms with Crippen molar-refractivity contribution in [2.75, 3.05) is 11.9 Å². The second-order valence-corrected chi connectivity index (χ2v) is 9.00. The fourth-order valence-corrected chi connectivity index (χ4v) is 5.36. The molecular formula is C25H26N4O2. The van der Waals surface area contributed by atoms with Crippen LogP contribution in [-0.2, 0) is 6.61 Å². The smallest absolute Gasteiger partial charge is 0.247 e. The summed E-state index contributed by atoms with van der Waals surface area (Å²) < 4.78 is 6.08. The molecule has 5 heterocycles. The number of rotatable bonds is 3. The van der Waals surface area contributed by atoms with Gasteiger partial charge in [0, 0.05) is 43.0 Å². The first-order valence-electron chi connectivity index (χ1n) is 11.1. The number of aromatic nitrogens is 2. The second kappa shape index (κ2) is 7.24. The lowest BCUT2D eigenvalue weighted by Crippen LogP contribution is -2.47. The largest absolute Gasteiger partial charge is 0.472 e. The molecule has 0 spiro atoms. The van der Waals surface area contributed by atoms with Crippen molar-refractivity contribution in [2.45, 2.75) is 50.4 Å². The summed E-state index contributed by atoms with van der Waals surface area (Å²) in [7, 11) is 2.16. The number of anilines is 1. The number of H-pyrrole nitrogens is 1. The van der Waals surface area contributed by atoms with Crippen LogP contribution in [0.2, 0.25) is 0 Å². The van der Waals surface area contributed by atoms with Crippen LogP contribution in [0.15, 0.2) is 53.5 Å². The molecule has 158 valence electrons. The number of nitrogens with one attached hydrogen (secondary N) is 2. The molecule has 0 saturated carbocycles. The SMILES string of the molecule is CN(c1ccc2c(n1)OCc1cc(-c3ccc(=O)[nH]c3)ccc1-2)C1C[C@H]2CC[C@@H](C1)N2. The summed E-state index contributed by atoms with van der Waals surface area (Å²) >= 11 is 0. The number of ether oxygens (including phenoxy) is 1. The Balaban J connectivity index is 1.28. The Kier molecular flexibility index (Phi) is 4.35. The Morgan fingerprint density at radius 1 is 1.00 bits per heavy atom. The first kappa shape index (κ1) is 18.6. The summed E-state index contributed by atoms with van der Waals surface area (Å²) in [5.74, 6) is 1.70. The van der Waals surface area contributed by atoms with Gasteiger partial charge in [0.25, 0.3) is 0 Å². The molecule has 0 amide bonds. The molecule has 3 aliphatic rings. The molecule has 3 atom stereocenters. The van der Waals surface area contributed by atoms with Gasteiger partial charge in [0.05, 0.1) is 0 Å². The minimum atomic E-state index is -0.0945. The van der Waals surface area contributed by atoms with Gasteiger partial charge in [-0.3, -0.25) is 4.79 Å². The van der Waals surface area contributed by atoms with Crippen molar-refractivity contribution in [2.24, 2.45) is 0 Å². The van der Waals surface area contributed by atoms with Crippen LogP contribution in [0.1, 0.15) is 31.2 Å². The lowest BCUT2D eigenvalue weighted by atomic mass is 9.94. The first-order valence-corrected chi connectivity index (χ1v) is 11.1. The molecule has 2 fully saturated rings. The Hall–Kier alpha value is -3.12. The molecule has 31 heavy (non-hydrogen) atoms. The molecule has 3 aliphatic heterocycles. The lowest BCUT2D eigenvalue weighted by Gasteiger charge is -2.36. The van der Waals surface area contributed by atoms with E-state index in [4.69, 9.17) is 9.72 Å². The minimum Gasteiger partial charge on any atom is -0.472 e. The number of nitrogens with zero attached hydrogens (tertiary/aromatic N) is 2. The summed E-state index contributed by atoms with van der Waals surface area (Å²) in [5.41, 5.74) is 5.29. The zero-order valence-corrected chi connectivity index (χ0v) is 17.6. The maximum absolute atomic E-state index is 11.3. The highest BCUT2D eigenvalue weighted by Gasteiger charge is 2.35. The lowest BCUT2D eigenvalue weighted by molar-refractivity contribution is 0.289. The van der Waals surface area contributed by atoms with Crippen LogP contribution < -0.4 is 20.5 Å². The van der Waals surface area contributed by atoms with Gasteiger partial charge in [-0.2, -0.15) is 4.98 Å². The van der Waals surface area contributed by atoms with Crippen molar-refractivity contribution in [3.63, 3.8) is 0 Å². The van der Waals surface area contributed by atoms with Gasteiger partial charge in [0.1, 0.15) is 12.4 Å². The summed E-state index contributed by atoms with van der Waals surface area (Å²) in [4.78, 5) is 21.3. The third-order valence-corrected chi connectivity index (χ3v) is 7.08. The topological polar surface area (TPSA) is 70.2 Å². The van der Waals surface area contributed by atoms with Crippen molar-refractivity contribution in [3.8, 4) is 28.1 Å². The number of benzene rings is 1. The fraction of sp³-hybridized carbons (Fsp3) is 0.360. The predicted octanol–water partition coefficient (Wildman–Crippen LogP) is 3.72. The van der Waals surface area contributed by atoms with Crippen LogP contribution in [0.3, 0.4) is 0 Å². The Labute approximate surface area is 181 Å². The number of aromatic amines is 1. The van der Waals surface area contributed by atoms with E-state index < -0.39 is 0 Å². The highest BCUT2D eigenvalue weighted by atomic mass is 16.5. The zero-order chi connectivity index (χ0) is 20.9. The standard InChI is InChI=1S/C25H26N4O2/c1-29(20-11-18-4-5-19(12-20)27-18)23-8-7-22-21-6-2-15(16-3-9-24(30)26-13-16)10-17(21)14-31-25(22)28-23/h2-3,6-10,13,18-20,27H,4-5,11-12,14H2,1H3,(H,26,30)/t18-,19+,20?. The maximum Gasteiger partial charge on any atom is 0.247 e. The summed E-state index contributed by atoms with van der Waals surface area (Å²) in [6, 6.07) is 15.9. The van der Waals surface area contributed by atoms with Gasteiger partial charge in [-0.1, -0.05) is 12.1 Å². The molecule has 6 rings (SSSR count). The van der Waals surface area contributed by atoms with Crippen LogP contribution >= 0.6 is 0 Å². The molecule has 6 nitrogen and oxygen atoms in total. The number of pyridine rings is 2. The molecule has 1 unspecified atom stereocenters. The highest BCUT2D eigenvalue weighted by Crippen LogP contribution is 2.40. The molecule has 2 bridgehead atoms. The van der Waals surface area contributed by atoms with E-state index in [2.05, 4.69) is 52.6 Å². The molecule has 2 N–H and O–H groups in total. The van der Waals surface area contributed by atoms with E-state index in [0.717, 1.165) is 33.6 Å². The Morgan fingerprint density at radius 2 is 1.77 bits per heavy atom. The normalized spacial score (nSPS) is 23.6. The average molecular weight is 415 g/mol.